The van der Waals surface area contributed by atoms with Crippen molar-refractivity contribution in [2.45, 2.75) is 26.2 Å². The standard InChI is InChI=1S/C15H19N3O3S/c1-15(2,3)14-18-8-11(22-14)13(20)17-6-5-16-12(19)10-4-7-21-9-10/h4,7-9H,5-6H2,1-3H3,(H,16,19)(H,17,20). The zero-order valence-corrected chi connectivity index (χ0v) is 13.6. The number of carbonyl (C=O) groups is 2. The van der Waals surface area contributed by atoms with E-state index < -0.39 is 0 Å². The molecule has 0 unspecified atom stereocenters. The van der Waals surface area contributed by atoms with Crippen molar-refractivity contribution >= 4 is 23.2 Å². The van der Waals surface area contributed by atoms with Gasteiger partial charge in [0.15, 0.2) is 0 Å². The van der Waals surface area contributed by atoms with E-state index in [9.17, 15) is 9.59 Å². The van der Waals surface area contributed by atoms with E-state index in [-0.39, 0.29) is 17.2 Å². The molecule has 6 nitrogen and oxygen atoms in total. The summed E-state index contributed by atoms with van der Waals surface area (Å²) in [6.07, 6.45) is 4.40. The zero-order valence-electron chi connectivity index (χ0n) is 12.8. The lowest BCUT2D eigenvalue weighted by Crippen LogP contribution is -2.34. The number of aromatic nitrogens is 1. The van der Waals surface area contributed by atoms with Crippen LogP contribution in [0.15, 0.2) is 29.2 Å². The van der Waals surface area contributed by atoms with Crippen LogP contribution in [0.1, 0.15) is 45.8 Å². The molecule has 0 spiro atoms. The molecule has 0 saturated carbocycles. The van der Waals surface area contributed by atoms with Crippen LogP contribution in [0.25, 0.3) is 0 Å². The van der Waals surface area contributed by atoms with Gasteiger partial charge in [-0.15, -0.1) is 11.3 Å². The minimum Gasteiger partial charge on any atom is -0.472 e. The van der Waals surface area contributed by atoms with Crippen molar-refractivity contribution in [3.05, 3.63) is 40.2 Å². The van der Waals surface area contributed by atoms with Gasteiger partial charge in [-0.3, -0.25) is 9.59 Å². The summed E-state index contributed by atoms with van der Waals surface area (Å²) in [6, 6.07) is 1.58. The number of rotatable bonds is 5. The third kappa shape index (κ3) is 4.17. The molecule has 0 aliphatic rings. The predicted molar refractivity (Wildman–Crippen MR) is 84.2 cm³/mol. The first kappa shape index (κ1) is 16.2. The number of nitrogens with zero attached hydrogens (tertiary/aromatic N) is 1. The van der Waals surface area contributed by atoms with E-state index in [0.29, 0.717) is 23.5 Å². The Kier molecular flexibility index (Phi) is 4.97. The highest BCUT2D eigenvalue weighted by atomic mass is 32.1. The molecule has 0 bridgehead atoms. The van der Waals surface area contributed by atoms with Gasteiger partial charge in [-0.25, -0.2) is 4.98 Å². The van der Waals surface area contributed by atoms with Gasteiger partial charge >= 0.3 is 0 Å². The molecular weight excluding hydrogens is 302 g/mol. The van der Waals surface area contributed by atoms with Crippen LogP contribution in [0.4, 0.5) is 0 Å². The van der Waals surface area contributed by atoms with Crippen molar-refractivity contribution in [3.63, 3.8) is 0 Å². The van der Waals surface area contributed by atoms with E-state index in [2.05, 4.69) is 36.4 Å². The summed E-state index contributed by atoms with van der Waals surface area (Å²) in [5.41, 5.74) is 0.394. The Morgan fingerprint density at radius 2 is 1.91 bits per heavy atom. The maximum atomic E-state index is 12.0. The molecule has 2 aromatic heterocycles. The maximum absolute atomic E-state index is 12.0. The number of nitrogens with one attached hydrogen (secondary N) is 2. The first-order valence-electron chi connectivity index (χ1n) is 6.93. The van der Waals surface area contributed by atoms with E-state index in [1.54, 1.807) is 12.3 Å². The van der Waals surface area contributed by atoms with E-state index in [0.717, 1.165) is 5.01 Å². The maximum Gasteiger partial charge on any atom is 0.263 e. The number of hydrogen-bond donors (Lipinski definition) is 2. The second kappa shape index (κ2) is 6.74. The first-order valence-corrected chi connectivity index (χ1v) is 7.74. The largest absolute Gasteiger partial charge is 0.472 e. The molecule has 7 heteroatoms. The second-order valence-corrected chi connectivity index (χ2v) is 6.83. The van der Waals surface area contributed by atoms with Gasteiger partial charge in [0.2, 0.25) is 0 Å². The van der Waals surface area contributed by atoms with Gasteiger partial charge < -0.3 is 15.1 Å². The molecule has 0 aliphatic carbocycles. The lowest BCUT2D eigenvalue weighted by Gasteiger charge is -2.13. The molecule has 2 amide bonds. The van der Waals surface area contributed by atoms with Crippen LogP contribution in [0.5, 0.6) is 0 Å². The molecular formula is C15H19N3O3S. The topological polar surface area (TPSA) is 84.2 Å². The fourth-order valence-electron chi connectivity index (χ4n) is 1.66. The lowest BCUT2D eigenvalue weighted by atomic mass is 9.98. The lowest BCUT2D eigenvalue weighted by molar-refractivity contribution is 0.0929. The Bertz CT molecular complexity index is 641. The third-order valence-corrected chi connectivity index (χ3v) is 4.27. The van der Waals surface area contributed by atoms with Gasteiger partial charge in [0.05, 0.1) is 23.0 Å². The van der Waals surface area contributed by atoms with Crippen molar-refractivity contribution in [2.24, 2.45) is 0 Å². The van der Waals surface area contributed by atoms with Crippen LogP contribution in [0.2, 0.25) is 0 Å². The van der Waals surface area contributed by atoms with Gasteiger partial charge in [0.1, 0.15) is 11.1 Å². The quantitative estimate of drug-likeness (QED) is 0.827. The molecule has 2 aromatic rings. The molecule has 0 atom stereocenters. The second-order valence-electron chi connectivity index (χ2n) is 5.80. The van der Waals surface area contributed by atoms with Crippen LogP contribution >= 0.6 is 11.3 Å². The minimum absolute atomic E-state index is 0.0677. The molecule has 2 rings (SSSR count). The Balaban J connectivity index is 1.76. The van der Waals surface area contributed by atoms with Gasteiger partial charge in [0.25, 0.3) is 11.8 Å². The summed E-state index contributed by atoms with van der Waals surface area (Å²) in [5.74, 6) is -0.402. The van der Waals surface area contributed by atoms with Gasteiger partial charge in [-0.05, 0) is 6.07 Å². The Morgan fingerprint density at radius 1 is 1.23 bits per heavy atom. The van der Waals surface area contributed by atoms with Gasteiger partial charge in [0, 0.05) is 18.5 Å². The van der Waals surface area contributed by atoms with Crippen LogP contribution in [-0.2, 0) is 5.41 Å². The van der Waals surface area contributed by atoms with Crippen molar-refractivity contribution in [3.8, 4) is 0 Å². The normalized spacial score (nSPS) is 11.2. The average molecular weight is 321 g/mol. The summed E-state index contributed by atoms with van der Waals surface area (Å²) >= 11 is 1.39. The monoisotopic (exact) mass is 321 g/mol. The summed E-state index contributed by atoms with van der Waals surface area (Å²) < 4.78 is 4.83. The van der Waals surface area contributed by atoms with Gasteiger partial charge in [-0.1, -0.05) is 20.8 Å². The number of amides is 2. The zero-order chi connectivity index (χ0) is 16.2. The Labute approximate surface area is 132 Å². The highest BCUT2D eigenvalue weighted by Crippen LogP contribution is 2.26. The molecule has 0 saturated heterocycles. The van der Waals surface area contributed by atoms with Crippen LogP contribution in [-0.4, -0.2) is 29.9 Å². The van der Waals surface area contributed by atoms with Crippen LogP contribution < -0.4 is 10.6 Å². The fraction of sp³-hybridized carbons (Fsp3) is 0.400. The van der Waals surface area contributed by atoms with Crippen molar-refractivity contribution in [1.82, 2.24) is 15.6 Å². The number of thiazole rings is 1. The molecule has 0 aliphatic heterocycles. The molecule has 118 valence electrons. The van der Waals surface area contributed by atoms with Crippen molar-refractivity contribution in [1.29, 1.82) is 0 Å². The number of carbonyl (C=O) groups excluding carboxylic acids is 2. The third-order valence-electron chi connectivity index (χ3n) is 2.85. The molecule has 2 N–H and O–H groups in total. The first-order chi connectivity index (χ1) is 10.4. The fourth-order valence-corrected chi connectivity index (χ4v) is 2.55. The molecule has 0 radical (unpaired) electrons. The SMILES string of the molecule is CC(C)(C)c1ncc(C(=O)NCCNC(=O)c2ccoc2)s1. The van der Waals surface area contributed by atoms with E-state index in [1.165, 1.54) is 23.9 Å². The van der Waals surface area contributed by atoms with Gasteiger partial charge in [-0.2, -0.15) is 0 Å². The van der Waals surface area contributed by atoms with E-state index in [4.69, 9.17) is 4.42 Å². The van der Waals surface area contributed by atoms with Crippen molar-refractivity contribution in [2.75, 3.05) is 13.1 Å². The van der Waals surface area contributed by atoms with Crippen molar-refractivity contribution < 1.29 is 14.0 Å². The number of hydrogen-bond acceptors (Lipinski definition) is 5. The minimum atomic E-state index is -0.226. The Morgan fingerprint density at radius 3 is 2.45 bits per heavy atom. The highest BCUT2D eigenvalue weighted by molar-refractivity contribution is 7.13. The van der Waals surface area contributed by atoms with Crippen LogP contribution in [0.3, 0.4) is 0 Å². The summed E-state index contributed by atoms with van der Waals surface area (Å²) in [4.78, 5) is 28.5. The molecule has 0 aromatic carbocycles. The van der Waals surface area contributed by atoms with Crippen LogP contribution in [0, 0.1) is 0 Å². The summed E-state index contributed by atoms with van der Waals surface area (Å²) in [7, 11) is 0. The summed E-state index contributed by atoms with van der Waals surface area (Å²) in [6.45, 7) is 6.86. The number of furan rings is 1. The highest BCUT2D eigenvalue weighted by Gasteiger charge is 2.20. The molecule has 0 fully saturated rings. The molecule has 22 heavy (non-hydrogen) atoms. The van der Waals surface area contributed by atoms with E-state index in [1.807, 2.05) is 0 Å². The summed E-state index contributed by atoms with van der Waals surface area (Å²) in [5, 5.41) is 6.38. The molecule has 2 heterocycles. The van der Waals surface area contributed by atoms with E-state index >= 15 is 0 Å². The Hall–Kier alpha value is -2.15. The predicted octanol–water partition coefficient (Wildman–Crippen LogP) is 2.19. The smallest absolute Gasteiger partial charge is 0.263 e. The average Bonchev–Trinajstić information content (AvgIpc) is 3.12.